The monoisotopic (exact) mass is 491 g/mol. The third-order valence-electron chi connectivity index (χ3n) is 4.51. The van der Waals surface area contributed by atoms with Crippen LogP contribution in [0, 0.1) is 0 Å². The number of halogens is 2. The maximum atomic E-state index is 12.4. The Balaban J connectivity index is 1.58. The molecule has 0 fully saturated rings. The highest BCUT2D eigenvalue weighted by molar-refractivity contribution is 9.10. The van der Waals surface area contributed by atoms with Crippen molar-refractivity contribution < 1.29 is 13.9 Å². The Kier molecular flexibility index (Phi) is 6.83. The Labute approximate surface area is 189 Å². The minimum atomic E-state index is -0.217. The van der Waals surface area contributed by atoms with E-state index in [-0.39, 0.29) is 24.5 Å². The second-order valence-corrected chi connectivity index (χ2v) is 9.23. The molecule has 0 spiro atoms. The molecule has 0 saturated heterocycles. The van der Waals surface area contributed by atoms with Gasteiger partial charge in [-0.25, -0.2) is 0 Å². The van der Waals surface area contributed by atoms with Crippen LogP contribution in [0.2, 0.25) is 5.02 Å². The highest BCUT2D eigenvalue weighted by Crippen LogP contribution is 2.28. The van der Waals surface area contributed by atoms with Gasteiger partial charge < -0.3 is 14.1 Å². The molecule has 30 heavy (non-hydrogen) atoms. The summed E-state index contributed by atoms with van der Waals surface area (Å²) in [6.07, 6.45) is 0. The summed E-state index contributed by atoms with van der Waals surface area (Å²) in [5.41, 5.74) is 2.14. The van der Waals surface area contributed by atoms with Gasteiger partial charge in [-0.3, -0.25) is 4.79 Å². The lowest BCUT2D eigenvalue weighted by Gasteiger charge is -2.18. The molecule has 0 aliphatic carbocycles. The number of likely N-dealkylation sites (N-methyl/N-ethyl adjacent to an activating group) is 1. The summed E-state index contributed by atoms with van der Waals surface area (Å²) < 4.78 is 12.0. The van der Waals surface area contributed by atoms with E-state index in [1.165, 1.54) is 10.5 Å². The summed E-state index contributed by atoms with van der Waals surface area (Å²) in [6, 6.07) is 13.1. The summed E-state index contributed by atoms with van der Waals surface area (Å²) in [6.45, 7) is 6.56. The molecule has 6 nitrogen and oxygen atoms in total. The van der Waals surface area contributed by atoms with Crippen molar-refractivity contribution in [1.82, 2.24) is 15.1 Å². The first-order valence-corrected chi connectivity index (χ1v) is 10.6. The molecule has 2 aromatic carbocycles. The molecule has 0 aliphatic heterocycles. The average Bonchev–Trinajstić information content (AvgIpc) is 3.15. The summed E-state index contributed by atoms with van der Waals surface area (Å²) in [7, 11) is 1.66. The second-order valence-electron chi connectivity index (χ2n) is 7.94. The summed E-state index contributed by atoms with van der Waals surface area (Å²) in [5, 5.41) is 8.74. The van der Waals surface area contributed by atoms with Crippen molar-refractivity contribution in [1.29, 1.82) is 0 Å². The molecular weight excluding hydrogens is 470 g/mol. The van der Waals surface area contributed by atoms with Gasteiger partial charge in [-0.15, -0.1) is 10.2 Å². The Morgan fingerprint density at radius 1 is 1.17 bits per heavy atom. The maximum absolute atomic E-state index is 12.4. The number of carbonyl (C=O) groups is 1. The number of ether oxygens (including phenoxy) is 1. The Hall–Kier alpha value is -2.38. The van der Waals surface area contributed by atoms with Gasteiger partial charge in [0.1, 0.15) is 5.75 Å². The van der Waals surface area contributed by atoms with Crippen LogP contribution in [0.5, 0.6) is 5.75 Å². The normalized spacial score (nSPS) is 11.4. The molecule has 1 aromatic heterocycles. The van der Waals surface area contributed by atoms with E-state index in [1.54, 1.807) is 25.2 Å². The molecule has 3 aromatic rings. The van der Waals surface area contributed by atoms with E-state index in [2.05, 4.69) is 59.0 Å². The fourth-order valence-electron chi connectivity index (χ4n) is 2.68. The fraction of sp³-hybridized carbons (Fsp3) is 0.318. The maximum Gasteiger partial charge on any atom is 0.260 e. The van der Waals surface area contributed by atoms with E-state index in [9.17, 15) is 4.79 Å². The smallest absolute Gasteiger partial charge is 0.260 e. The van der Waals surface area contributed by atoms with Crippen molar-refractivity contribution in [3.63, 3.8) is 0 Å². The molecule has 158 valence electrons. The molecule has 0 radical (unpaired) electrons. The van der Waals surface area contributed by atoms with Gasteiger partial charge in [0.2, 0.25) is 11.8 Å². The van der Waals surface area contributed by atoms with Crippen molar-refractivity contribution in [2.24, 2.45) is 0 Å². The van der Waals surface area contributed by atoms with Gasteiger partial charge in [0.15, 0.2) is 6.61 Å². The third kappa shape index (κ3) is 5.61. The van der Waals surface area contributed by atoms with Crippen molar-refractivity contribution in [2.75, 3.05) is 13.7 Å². The number of benzene rings is 2. The van der Waals surface area contributed by atoms with E-state index in [0.29, 0.717) is 27.0 Å². The minimum Gasteiger partial charge on any atom is -0.483 e. The van der Waals surface area contributed by atoms with Gasteiger partial charge in [-0.2, -0.15) is 0 Å². The number of aromatic nitrogens is 2. The minimum absolute atomic E-state index is 0.0747. The van der Waals surface area contributed by atoms with Crippen LogP contribution in [0.15, 0.2) is 51.4 Å². The lowest BCUT2D eigenvalue weighted by Crippen LogP contribution is -2.31. The van der Waals surface area contributed by atoms with Gasteiger partial charge in [-0.1, -0.05) is 44.5 Å². The van der Waals surface area contributed by atoms with Gasteiger partial charge in [-0.05, 0) is 57.2 Å². The Morgan fingerprint density at radius 3 is 2.50 bits per heavy atom. The number of carbonyl (C=O) groups excluding carboxylic acids is 1. The molecule has 0 unspecified atom stereocenters. The van der Waals surface area contributed by atoms with Crippen molar-refractivity contribution in [3.8, 4) is 17.2 Å². The fourth-order valence-corrected chi connectivity index (χ4v) is 3.48. The van der Waals surface area contributed by atoms with Crippen LogP contribution in [-0.4, -0.2) is 34.7 Å². The van der Waals surface area contributed by atoms with Gasteiger partial charge in [0.05, 0.1) is 11.0 Å². The molecule has 0 N–H and O–H groups in total. The van der Waals surface area contributed by atoms with E-state index in [1.807, 2.05) is 12.1 Å². The highest BCUT2D eigenvalue weighted by Gasteiger charge is 2.17. The standard InChI is InChI=1S/C22H23BrClN3O3/c1-22(2,3)15-7-5-14(6-8-15)21-26-25-19(30-21)12-27(4)20(28)13-29-18-10-9-16(24)11-17(18)23/h5-11H,12-13H2,1-4H3. The molecule has 8 heteroatoms. The van der Waals surface area contributed by atoms with Gasteiger partial charge >= 0.3 is 0 Å². The Morgan fingerprint density at radius 2 is 1.87 bits per heavy atom. The highest BCUT2D eigenvalue weighted by atomic mass is 79.9. The molecule has 0 saturated carbocycles. The molecule has 3 rings (SSSR count). The van der Waals surface area contributed by atoms with Crippen LogP contribution in [0.3, 0.4) is 0 Å². The van der Waals surface area contributed by atoms with Crippen LogP contribution in [-0.2, 0) is 16.8 Å². The summed E-state index contributed by atoms with van der Waals surface area (Å²) in [5.74, 6) is 1.10. The zero-order valence-corrected chi connectivity index (χ0v) is 19.6. The molecule has 0 aliphatic rings. The van der Waals surface area contributed by atoms with E-state index < -0.39 is 0 Å². The molecule has 0 bridgehead atoms. The molecule has 1 heterocycles. The lowest BCUT2D eigenvalue weighted by atomic mass is 9.87. The van der Waals surface area contributed by atoms with Crippen LogP contribution in [0.25, 0.3) is 11.5 Å². The van der Waals surface area contributed by atoms with Crippen LogP contribution < -0.4 is 4.74 Å². The topological polar surface area (TPSA) is 68.5 Å². The first-order valence-electron chi connectivity index (χ1n) is 9.38. The Bertz CT molecular complexity index is 1030. The number of hydrogen-bond donors (Lipinski definition) is 0. The zero-order valence-electron chi connectivity index (χ0n) is 17.3. The van der Waals surface area contributed by atoms with E-state index >= 15 is 0 Å². The van der Waals surface area contributed by atoms with Crippen LogP contribution >= 0.6 is 27.5 Å². The van der Waals surface area contributed by atoms with E-state index in [0.717, 1.165) is 5.56 Å². The first kappa shape index (κ1) is 22.3. The second kappa shape index (κ2) is 9.18. The summed E-state index contributed by atoms with van der Waals surface area (Å²) >= 11 is 9.27. The third-order valence-corrected chi connectivity index (χ3v) is 5.36. The van der Waals surface area contributed by atoms with Gasteiger partial charge in [0, 0.05) is 17.6 Å². The average molecular weight is 493 g/mol. The van der Waals surface area contributed by atoms with Crippen LogP contribution in [0.1, 0.15) is 32.2 Å². The first-order chi connectivity index (χ1) is 14.1. The van der Waals surface area contributed by atoms with E-state index in [4.69, 9.17) is 20.8 Å². The van der Waals surface area contributed by atoms with Crippen molar-refractivity contribution in [2.45, 2.75) is 32.7 Å². The van der Waals surface area contributed by atoms with Gasteiger partial charge in [0.25, 0.3) is 5.91 Å². The number of nitrogens with zero attached hydrogens (tertiary/aromatic N) is 3. The largest absolute Gasteiger partial charge is 0.483 e. The summed E-state index contributed by atoms with van der Waals surface area (Å²) in [4.78, 5) is 13.9. The number of amides is 1. The predicted molar refractivity (Wildman–Crippen MR) is 120 cm³/mol. The number of rotatable bonds is 6. The SMILES string of the molecule is CN(Cc1nnc(-c2ccc(C(C)(C)C)cc2)o1)C(=O)COc1ccc(Cl)cc1Br. The van der Waals surface area contributed by atoms with Crippen molar-refractivity contribution >= 4 is 33.4 Å². The predicted octanol–water partition coefficient (Wildman–Crippen LogP) is 5.49. The molecule has 0 atom stereocenters. The lowest BCUT2D eigenvalue weighted by molar-refractivity contribution is -0.132. The molecular formula is C22H23BrClN3O3. The van der Waals surface area contributed by atoms with Crippen molar-refractivity contribution in [3.05, 3.63) is 63.4 Å². The number of hydrogen-bond acceptors (Lipinski definition) is 5. The quantitative estimate of drug-likeness (QED) is 0.455. The molecule has 1 amide bonds. The van der Waals surface area contributed by atoms with Crippen LogP contribution in [0.4, 0.5) is 0 Å². The zero-order chi connectivity index (χ0) is 21.9.